The third kappa shape index (κ3) is 5.28. The molecule has 1 N–H and O–H groups in total. The Morgan fingerprint density at radius 2 is 1.92 bits per heavy atom. The molecule has 1 aliphatic rings. The quantitative estimate of drug-likeness (QED) is 0.537. The number of anilines is 1. The molecule has 0 aliphatic carbocycles. The number of nitrogens with one attached hydrogen (secondary N) is 1. The first kappa shape index (κ1) is 19.9. The molecule has 1 saturated heterocycles. The van der Waals surface area contributed by atoms with E-state index in [1.54, 1.807) is 4.90 Å². The number of hydrogen-bond acceptors (Lipinski definition) is 4. The van der Waals surface area contributed by atoms with Crippen LogP contribution in [0.15, 0.2) is 18.2 Å². The molecule has 4 nitrogen and oxygen atoms in total. The standard InChI is InChI=1S/C19H26N2O2S2/c1-4-15-18(23)21(19(24)25-15)12-7-5-6-11-16(22)20-17-13(2)9-8-10-14(17)3/h8-10,15H,4-7,11-12H2,1-3H3,(H,20,22). The number of carbonyl (C=O) groups excluding carboxylic acids is 2. The maximum atomic E-state index is 12.1. The Morgan fingerprint density at radius 3 is 2.52 bits per heavy atom. The normalized spacial score (nSPS) is 17.2. The van der Waals surface area contributed by atoms with Crippen LogP contribution in [0, 0.1) is 13.8 Å². The Morgan fingerprint density at radius 1 is 1.24 bits per heavy atom. The van der Waals surface area contributed by atoms with Crippen LogP contribution in [-0.4, -0.2) is 32.8 Å². The van der Waals surface area contributed by atoms with Gasteiger partial charge in [0.1, 0.15) is 4.32 Å². The number of thiocarbonyl (C=S) groups is 1. The van der Waals surface area contributed by atoms with Gasteiger partial charge in [-0.1, -0.05) is 55.5 Å². The highest BCUT2D eigenvalue weighted by Crippen LogP contribution is 2.29. The van der Waals surface area contributed by atoms with Crippen LogP contribution < -0.4 is 5.32 Å². The van der Waals surface area contributed by atoms with E-state index >= 15 is 0 Å². The first-order chi connectivity index (χ1) is 11.9. The summed E-state index contributed by atoms with van der Waals surface area (Å²) in [5.74, 6) is 0.192. The molecule has 1 fully saturated rings. The van der Waals surface area contributed by atoms with Gasteiger partial charge in [-0.2, -0.15) is 0 Å². The molecule has 2 amide bonds. The van der Waals surface area contributed by atoms with E-state index in [0.717, 1.165) is 42.5 Å². The lowest BCUT2D eigenvalue weighted by atomic mass is 10.1. The predicted molar refractivity (Wildman–Crippen MR) is 109 cm³/mol. The average molecular weight is 379 g/mol. The number of hydrogen-bond donors (Lipinski definition) is 1. The summed E-state index contributed by atoms with van der Waals surface area (Å²) in [6.45, 7) is 6.68. The number of unbranched alkanes of at least 4 members (excludes halogenated alkanes) is 2. The average Bonchev–Trinajstić information content (AvgIpc) is 2.85. The molecule has 1 atom stereocenters. The number of para-hydroxylation sites is 1. The monoisotopic (exact) mass is 378 g/mol. The topological polar surface area (TPSA) is 49.4 Å². The highest BCUT2D eigenvalue weighted by molar-refractivity contribution is 8.24. The lowest BCUT2D eigenvalue weighted by Gasteiger charge is -2.15. The van der Waals surface area contributed by atoms with Crippen molar-refractivity contribution in [3.05, 3.63) is 29.3 Å². The van der Waals surface area contributed by atoms with E-state index in [0.29, 0.717) is 17.3 Å². The van der Waals surface area contributed by atoms with Gasteiger partial charge in [0.2, 0.25) is 11.8 Å². The zero-order valence-corrected chi connectivity index (χ0v) is 16.8. The number of rotatable bonds is 8. The van der Waals surface area contributed by atoms with Gasteiger partial charge in [0.15, 0.2) is 0 Å². The first-order valence-corrected chi connectivity index (χ1v) is 10.1. The number of nitrogens with zero attached hydrogens (tertiary/aromatic N) is 1. The van der Waals surface area contributed by atoms with Crippen molar-refractivity contribution in [3.8, 4) is 0 Å². The summed E-state index contributed by atoms with van der Waals surface area (Å²) in [4.78, 5) is 26.0. The Bertz CT molecular complexity index is 641. The summed E-state index contributed by atoms with van der Waals surface area (Å²) < 4.78 is 0.699. The van der Waals surface area contributed by atoms with Gasteiger partial charge in [-0.3, -0.25) is 14.5 Å². The minimum absolute atomic E-state index is 0.00405. The van der Waals surface area contributed by atoms with Gasteiger partial charge in [-0.05, 0) is 44.2 Å². The third-order valence-corrected chi connectivity index (χ3v) is 6.16. The second-order valence-corrected chi connectivity index (χ2v) is 8.23. The molecule has 6 heteroatoms. The highest BCUT2D eigenvalue weighted by Gasteiger charge is 2.34. The molecule has 1 heterocycles. The van der Waals surface area contributed by atoms with E-state index in [4.69, 9.17) is 12.2 Å². The number of carbonyl (C=O) groups is 2. The van der Waals surface area contributed by atoms with Crippen molar-refractivity contribution in [2.24, 2.45) is 0 Å². The van der Waals surface area contributed by atoms with Crippen molar-refractivity contribution in [3.63, 3.8) is 0 Å². The van der Waals surface area contributed by atoms with Crippen molar-refractivity contribution < 1.29 is 9.59 Å². The van der Waals surface area contributed by atoms with E-state index in [1.165, 1.54) is 11.8 Å². The van der Waals surface area contributed by atoms with Crippen LogP contribution in [0.1, 0.15) is 50.2 Å². The van der Waals surface area contributed by atoms with E-state index in [9.17, 15) is 9.59 Å². The van der Waals surface area contributed by atoms with E-state index in [1.807, 2.05) is 39.0 Å². The van der Waals surface area contributed by atoms with Gasteiger partial charge in [0.05, 0.1) is 5.25 Å². The molecule has 0 spiro atoms. The van der Waals surface area contributed by atoms with Gasteiger partial charge in [-0.15, -0.1) is 0 Å². The van der Waals surface area contributed by atoms with Gasteiger partial charge in [0, 0.05) is 18.7 Å². The maximum absolute atomic E-state index is 12.1. The summed E-state index contributed by atoms with van der Waals surface area (Å²) in [7, 11) is 0. The maximum Gasteiger partial charge on any atom is 0.241 e. The molecule has 0 aromatic heterocycles. The van der Waals surface area contributed by atoms with Crippen LogP contribution in [0.25, 0.3) is 0 Å². The fourth-order valence-corrected chi connectivity index (χ4v) is 4.38. The number of aryl methyl sites for hydroxylation is 2. The van der Waals surface area contributed by atoms with E-state index < -0.39 is 0 Å². The summed E-state index contributed by atoms with van der Waals surface area (Å²) >= 11 is 6.78. The number of benzene rings is 1. The second-order valence-electron chi connectivity index (χ2n) is 6.40. The fourth-order valence-electron chi connectivity index (χ4n) is 2.90. The molecule has 1 aromatic rings. The summed E-state index contributed by atoms with van der Waals surface area (Å²) in [5.41, 5.74) is 3.08. The van der Waals surface area contributed by atoms with E-state index in [2.05, 4.69) is 5.32 Å². The molecular formula is C19H26N2O2S2. The smallest absolute Gasteiger partial charge is 0.241 e. The Hall–Kier alpha value is -1.40. The lowest BCUT2D eigenvalue weighted by Crippen LogP contribution is -2.32. The molecule has 25 heavy (non-hydrogen) atoms. The molecular weight excluding hydrogens is 352 g/mol. The van der Waals surface area contributed by atoms with Crippen molar-refractivity contribution >= 4 is 45.8 Å². The van der Waals surface area contributed by atoms with Crippen molar-refractivity contribution in [1.82, 2.24) is 4.90 Å². The van der Waals surface area contributed by atoms with Crippen LogP contribution >= 0.6 is 24.0 Å². The zero-order chi connectivity index (χ0) is 18.4. The van der Waals surface area contributed by atoms with Gasteiger partial charge >= 0.3 is 0 Å². The summed E-state index contributed by atoms with van der Waals surface area (Å²) in [6.07, 6.45) is 3.92. The Balaban J connectivity index is 1.69. The molecule has 136 valence electrons. The highest BCUT2D eigenvalue weighted by atomic mass is 32.2. The molecule has 1 aromatic carbocycles. The Labute approximate surface area is 159 Å². The number of thioether (sulfide) groups is 1. The van der Waals surface area contributed by atoms with Crippen LogP contribution in [-0.2, 0) is 9.59 Å². The second kappa shape index (κ2) is 9.34. The molecule has 0 radical (unpaired) electrons. The molecule has 1 aliphatic heterocycles. The van der Waals surface area contributed by atoms with Crippen LogP contribution in [0.3, 0.4) is 0 Å². The van der Waals surface area contributed by atoms with Crippen LogP contribution in [0.5, 0.6) is 0 Å². The van der Waals surface area contributed by atoms with E-state index in [-0.39, 0.29) is 17.1 Å². The third-order valence-electron chi connectivity index (χ3n) is 4.41. The molecule has 2 rings (SSSR count). The Kier molecular flexibility index (Phi) is 7.44. The van der Waals surface area contributed by atoms with Crippen molar-refractivity contribution in [2.75, 3.05) is 11.9 Å². The zero-order valence-electron chi connectivity index (χ0n) is 15.1. The van der Waals surface area contributed by atoms with Crippen molar-refractivity contribution in [1.29, 1.82) is 0 Å². The SMILES string of the molecule is CCC1SC(=S)N(CCCCCC(=O)Nc2c(C)cccc2C)C1=O. The first-order valence-electron chi connectivity index (χ1n) is 8.82. The predicted octanol–water partition coefficient (Wildman–Crippen LogP) is 4.44. The lowest BCUT2D eigenvalue weighted by molar-refractivity contribution is -0.126. The van der Waals surface area contributed by atoms with Gasteiger partial charge in [0.25, 0.3) is 0 Å². The largest absolute Gasteiger partial charge is 0.326 e. The van der Waals surface area contributed by atoms with Gasteiger partial charge in [-0.25, -0.2) is 0 Å². The van der Waals surface area contributed by atoms with Crippen molar-refractivity contribution in [2.45, 2.75) is 58.1 Å². The minimum Gasteiger partial charge on any atom is -0.326 e. The minimum atomic E-state index is -0.00405. The van der Waals surface area contributed by atoms with Crippen LogP contribution in [0.2, 0.25) is 0 Å². The van der Waals surface area contributed by atoms with Gasteiger partial charge < -0.3 is 5.32 Å². The number of amides is 2. The fraction of sp³-hybridized carbons (Fsp3) is 0.526. The molecule has 0 saturated carbocycles. The molecule has 0 bridgehead atoms. The molecule has 1 unspecified atom stereocenters. The summed E-state index contributed by atoms with van der Waals surface area (Å²) in [5, 5.41) is 3.01. The van der Waals surface area contributed by atoms with Crippen LogP contribution in [0.4, 0.5) is 5.69 Å². The summed E-state index contributed by atoms with van der Waals surface area (Å²) in [6, 6.07) is 5.99.